The molecule has 0 bridgehead atoms. The molecule has 7 nitrogen and oxygen atoms in total. The molecule has 3 aromatic rings. The lowest BCUT2D eigenvalue weighted by atomic mass is 10.2. The number of halogens is 1. The van der Waals surface area contributed by atoms with E-state index in [1.165, 1.54) is 42.5 Å². The lowest BCUT2D eigenvalue weighted by molar-refractivity contribution is 0.0950. The van der Waals surface area contributed by atoms with Crippen molar-refractivity contribution in [1.82, 2.24) is 10.3 Å². The van der Waals surface area contributed by atoms with Crippen molar-refractivity contribution >= 4 is 21.6 Å². The number of hydrogen-bond donors (Lipinski definition) is 2. The molecule has 30 heavy (non-hydrogen) atoms. The van der Waals surface area contributed by atoms with E-state index in [1.807, 2.05) is 6.92 Å². The molecule has 2 aromatic carbocycles. The summed E-state index contributed by atoms with van der Waals surface area (Å²) in [5, 5.41) is 2.72. The van der Waals surface area contributed by atoms with Crippen molar-refractivity contribution in [3.63, 3.8) is 0 Å². The number of rotatable bonds is 8. The fourth-order valence-corrected chi connectivity index (χ4v) is 3.74. The molecule has 2 N–H and O–H groups in total. The molecular weight excluding hydrogens is 409 g/mol. The summed E-state index contributed by atoms with van der Waals surface area (Å²) < 4.78 is 46.4. The number of nitrogens with zero attached hydrogens (tertiary/aromatic N) is 1. The van der Waals surface area contributed by atoms with Crippen molar-refractivity contribution in [3.8, 4) is 5.88 Å². The quantitative estimate of drug-likeness (QED) is 0.572. The highest BCUT2D eigenvalue weighted by Gasteiger charge is 2.18. The molecule has 0 aliphatic rings. The van der Waals surface area contributed by atoms with Crippen molar-refractivity contribution in [2.75, 3.05) is 11.3 Å². The number of carbonyl (C=O) groups is 1. The minimum atomic E-state index is -4.07. The van der Waals surface area contributed by atoms with Gasteiger partial charge in [0.15, 0.2) is 0 Å². The van der Waals surface area contributed by atoms with Gasteiger partial charge in [0, 0.05) is 24.4 Å². The van der Waals surface area contributed by atoms with Gasteiger partial charge in [0.05, 0.1) is 17.2 Å². The third-order valence-electron chi connectivity index (χ3n) is 4.07. The highest BCUT2D eigenvalue weighted by atomic mass is 32.2. The van der Waals surface area contributed by atoms with Crippen LogP contribution < -0.4 is 14.8 Å². The van der Waals surface area contributed by atoms with Gasteiger partial charge in [-0.15, -0.1) is 0 Å². The van der Waals surface area contributed by atoms with Crippen LogP contribution in [0.25, 0.3) is 0 Å². The van der Waals surface area contributed by atoms with Crippen LogP contribution in [0.2, 0.25) is 0 Å². The Labute approximate surface area is 174 Å². The molecule has 0 fully saturated rings. The summed E-state index contributed by atoms with van der Waals surface area (Å²) in [4.78, 5) is 16.4. The molecule has 1 aromatic heterocycles. The standard InChI is InChI=1S/C21H20FN3O4S/c1-2-29-20-12-15(10-11-23-20)14-24-21(26)16-6-5-7-17(13-16)30(27,28)25-19-9-4-3-8-18(19)22/h3-13,25H,2,14H2,1H3,(H,24,26). The molecule has 9 heteroatoms. The van der Waals surface area contributed by atoms with Crippen molar-refractivity contribution in [2.45, 2.75) is 18.4 Å². The molecule has 0 atom stereocenters. The van der Waals surface area contributed by atoms with Crippen LogP contribution in [0.4, 0.5) is 10.1 Å². The average molecular weight is 429 g/mol. The first-order valence-electron chi connectivity index (χ1n) is 9.12. The first-order valence-corrected chi connectivity index (χ1v) is 10.6. The lowest BCUT2D eigenvalue weighted by Crippen LogP contribution is -2.23. The highest BCUT2D eigenvalue weighted by Crippen LogP contribution is 2.19. The zero-order valence-corrected chi connectivity index (χ0v) is 16.9. The van der Waals surface area contributed by atoms with Gasteiger partial charge in [-0.1, -0.05) is 18.2 Å². The van der Waals surface area contributed by atoms with Crippen LogP contribution in [0.15, 0.2) is 71.8 Å². The second kappa shape index (κ2) is 9.36. The summed E-state index contributed by atoms with van der Waals surface area (Å²) in [5.41, 5.74) is 0.771. The van der Waals surface area contributed by atoms with Gasteiger partial charge in [-0.3, -0.25) is 9.52 Å². The van der Waals surface area contributed by atoms with Gasteiger partial charge < -0.3 is 10.1 Å². The zero-order valence-electron chi connectivity index (χ0n) is 16.1. The number of carbonyl (C=O) groups excluding carboxylic acids is 1. The van der Waals surface area contributed by atoms with Crippen molar-refractivity contribution < 1.29 is 22.3 Å². The minimum Gasteiger partial charge on any atom is -0.478 e. The monoisotopic (exact) mass is 429 g/mol. The predicted octanol–water partition coefficient (Wildman–Crippen LogP) is 3.35. The second-order valence-corrected chi connectivity index (χ2v) is 7.91. The number of hydrogen-bond acceptors (Lipinski definition) is 5. The maximum atomic E-state index is 13.8. The Bertz CT molecular complexity index is 1150. The van der Waals surface area contributed by atoms with Gasteiger partial charge in [0.2, 0.25) is 5.88 Å². The van der Waals surface area contributed by atoms with Gasteiger partial charge in [0.25, 0.3) is 15.9 Å². The van der Waals surface area contributed by atoms with Gasteiger partial charge in [0.1, 0.15) is 5.82 Å². The molecule has 0 aliphatic heterocycles. The first kappa shape index (κ1) is 21.3. The van der Waals surface area contributed by atoms with Crippen LogP contribution in [0.5, 0.6) is 5.88 Å². The third kappa shape index (κ3) is 5.32. The largest absolute Gasteiger partial charge is 0.478 e. The summed E-state index contributed by atoms with van der Waals surface area (Å²) >= 11 is 0. The van der Waals surface area contributed by atoms with Crippen LogP contribution in [-0.4, -0.2) is 25.9 Å². The summed E-state index contributed by atoms with van der Waals surface area (Å²) in [6.45, 7) is 2.54. The molecule has 156 valence electrons. The molecule has 3 rings (SSSR count). The number of para-hydroxylation sites is 1. The number of nitrogens with one attached hydrogen (secondary N) is 2. The smallest absolute Gasteiger partial charge is 0.262 e. The number of sulfonamides is 1. The molecule has 0 saturated carbocycles. The van der Waals surface area contributed by atoms with E-state index in [0.29, 0.717) is 12.5 Å². The van der Waals surface area contributed by atoms with Crippen LogP contribution in [0.1, 0.15) is 22.8 Å². The fraction of sp³-hybridized carbons (Fsp3) is 0.143. The maximum Gasteiger partial charge on any atom is 0.262 e. The number of benzene rings is 2. The van der Waals surface area contributed by atoms with Gasteiger partial charge in [-0.2, -0.15) is 0 Å². The Morgan fingerprint density at radius 1 is 1.10 bits per heavy atom. The van der Waals surface area contributed by atoms with E-state index >= 15 is 0 Å². The summed E-state index contributed by atoms with van der Waals surface area (Å²) in [6, 6.07) is 14.4. The molecule has 0 radical (unpaired) electrons. The lowest BCUT2D eigenvalue weighted by Gasteiger charge is -2.11. The van der Waals surface area contributed by atoms with Gasteiger partial charge >= 0.3 is 0 Å². The van der Waals surface area contributed by atoms with Crippen LogP contribution >= 0.6 is 0 Å². The van der Waals surface area contributed by atoms with E-state index in [4.69, 9.17) is 4.74 Å². The second-order valence-electron chi connectivity index (χ2n) is 6.23. The van der Waals surface area contributed by atoms with Gasteiger partial charge in [-0.25, -0.2) is 17.8 Å². The Kier molecular flexibility index (Phi) is 6.63. The summed E-state index contributed by atoms with van der Waals surface area (Å²) in [6.07, 6.45) is 1.58. The van der Waals surface area contributed by atoms with E-state index in [9.17, 15) is 17.6 Å². The Morgan fingerprint density at radius 2 is 1.90 bits per heavy atom. The van der Waals surface area contributed by atoms with Crippen LogP contribution in [0.3, 0.4) is 0 Å². The number of aromatic nitrogens is 1. The molecule has 0 unspecified atom stereocenters. The Morgan fingerprint density at radius 3 is 2.67 bits per heavy atom. The SMILES string of the molecule is CCOc1cc(CNC(=O)c2cccc(S(=O)(=O)Nc3ccccc3F)c2)ccn1. The molecule has 0 saturated heterocycles. The van der Waals surface area contributed by atoms with Crippen molar-refractivity contribution in [3.05, 3.63) is 83.8 Å². The van der Waals surface area contributed by atoms with E-state index in [2.05, 4.69) is 15.0 Å². The molecular formula is C21H20FN3O4S. The zero-order chi connectivity index (χ0) is 21.6. The predicted molar refractivity (Wildman–Crippen MR) is 110 cm³/mol. The molecule has 1 heterocycles. The average Bonchev–Trinajstić information content (AvgIpc) is 2.74. The van der Waals surface area contributed by atoms with E-state index in [1.54, 1.807) is 18.3 Å². The highest BCUT2D eigenvalue weighted by molar-refractivity contribution is 7.92. The third-order valence-corrected chi connectivity index (χ3v) is 5.43. The first-order chi connectivity index (χ1) is 14.4. The fourth-order valence-electron chi connectivity index (χ4n) is 2.62. The molecule has 0 aliphatic carbocycles. The minimum absolute atomic E-state index is 0.152. The van der Waals surface area contributed by atoms with Gasteiger partial charge in [-0.05, 0) is 48.9 Å². The van der Waals surface area contributed by atoms with Crippen LogP contribution in [-0.2, 0) is 16.6 Å². The normalized spacial score (nSPS) is 11.0. The number of ether oxygens (including phenoxy) is 1. The van der Waals surface area contributed by atoms with Crippen molar-refractivity contribution in [2.24, 2.45) is 0 Å². The van der Waals surface area contributed by atoms with E-state index in [-0.39, 0.29) is 22.7 Å². The number of amides is 1. The molecule has 1 amide bonds. The number of anilines is 1. The topological polar surface area (TPSA) is 97.4 Å². The summed E-state index contributed by atoms with van der Waals surface area (Å²) in [7, 11) is -4.07. The summed E-state index contributed by atoms with van der Waals surface area (Å²) in [5.74, 6) is -0.692. The van der Waals surface area contributed by atoms with E-state index < -0.39 is 21.7 Å². The van der Waals surface area contributed by atoms with Crippen LogP contribution in [0, 0.1) is 5.82 Å². The Hall–Kier alpha value is -3.46. The molecule has 0 spiro atoms. The Balaban J connectivity index is 1.72. The van der Waals surface area contributed by atoms with Crippen molar-refractivity contribution in [1.29, 1.82) is 0 Å². The van der Waals surface area contributed by atoms with E-state index in [0.717, 1.165) is 11.6 Å². The maximum absolute atomic E-state index is 13.8. The number of pyridine rings is 1.